The Hall–Kier alpha value is -3.74. The lowest BCUT2D eigenvalue weighted by molar-refractivity contribution is -0.120. The zero-order chi connectivity index (χ0) is 27.4. The number of hydrogen-bond acceptors (Lipinski definition) is 6. The number of ether oxygens (including phenoxy) is 3. The van der Waals surface area contributed by atoms with Crippen LogP contribution in [0.1, 0.15) is 75.2 Å². The smallest absolute Gasteiger partial charge is 0.346 e. The molecule has 0 amide bonds. The number of methoxy groups -OCH3 is 1. The molecule has 1 heterocycles. The van der Waals surface area contributed by atoms with Gasteiger partial charge in [-0.3, -0.25) is 9.59 Å². The first kappa shape index (κ1) is 25.9. The van der Waals surface area contributed by atoms with Crippen molar-refractivity contribution in [2.24, 2.45) is 10.8 Å². The van der Waals surface area contributed by atoms with Crippen molar-refractivity contribution in [1.29, 1.82) is 0 Å². The number of hydrogen-bond donors (Lipinski definition) is 0. The van der Waals surface area contributed by atoms with Crippen molar-refractivity contribution in [2.75, 3.05) is 7.11 Å². The van der Waals surface area contributed by atoms with Gasteiger partial charge in [0.2, 0.25) is 0 Å². The maximum absolute atomic E-state index is 14.1. The van der Waals surface area contributed by atoms with E-state index < -0.39 is 17.7 Å². The second-order valence-corrected chi connectivity index (χ2v) is 11.9. The number of carbonyl (C=O) groups is 3. The summed E-state index contributed by atoms with van der Waals surface area (Å²) in [7, 11) is 1.43. The summed E-state index contributed by atoms with van der Waals surface area (Å²) in [6.45, 7) is 8.15. The third-order valence-electron chi connectivity index (χ3n) is 7.40. The van der Waals surface area contributed by atoms with Gasteiger partial charge in [-0.05, 0) is 40.7 Å². The molecule has 2 aliphatic carbocycles. The second-order valence-electron chi connectivity index (χ2n) is 11.9. The lowest BCUT2D eigenvalue weighted by atomic mass is 9.65. The summed E-state index contributed by atoms with van der Waals surface area (Å²) >= 11 is 0. The van der Waals surface area contributed by atoms with Crippen molar-refractivity contribution in [2.45, 2.75) is 59.3 Å². The first-order valence-electron chi connectivity index (χ1n) is 12.7. The van der Waals surface area contributed by atoms with Crippen molar-refractivity contribution >= 4 is 17.5 Å². The second kappa shape index (κ2) is 9.22. The molecular weight excluding hydrogens is 487 g/mol. The number of Topliss-reactive ketones (excluding diaryl/α,β-unsaturated/α-hetero) is 2. The summed E-state index contributed by atoms with van der Waals surface area (Å²) in [5.74, 6) is -0.659. The van der Waals surface area contributed by atoms with Crippen LogP contribution >= 0.6 is 0 Å². The third-order valence-corrected chi connectivity index (χ3v) is 7.40. The summed E-state index contributed by atoms with van der Waals surface area (Å²) in [5.41, 5.74) is 0.976. The Morgan fingerprint density at radius 1 is 0.868 bits per heavy atom. The maximum atomic E-state index is 14.1. The van der Waals surface area contributed by atoms with Gasteiger partial charge in [-0.1, -0.05) is 45.9 Å². The minimum Gasteiger partial charge on any atom is -0.493 e. The molecule has 3 aliphatic rings. The van der Waals surface area contributed by atoms with Gasteiger partial charge in [0.1, 0.15) is 17.3 Å². The Morgan fingerprint density at radius 2 is 1.45 bits per heavy atom. The van der Waals surface area contributed by atoms with Gasteiger partial charge in [0.25, 0.3) is 0 Å². The van der Waals surface area contributed by atoms with E-state index in [9.17, 15) is 18.8 Å². The van der Waals surface area contributed by atoms with E-state index in [1.54, 1.807) is 24.3 Å². The molecule has 0 bridgehead atoms. The summed E-state index contributed by atoms with van der Waals surface area (Å²) in [6.07, 6.45) is 1.88. The Bertz CT molecular complexity index is 1380. The molecule has 0 N–H and O–H groups in total. The van der Waals surface area contributed by atoms with Crippen LogP contribution in [0.3, 0.4) is 0 Å². The van der Waals surface area contributed by atoms with Gasteiger partial charge in [-0.2, -0.15) is 0 Å². The standard InChI is InChI=1S/C31H31FO6/c1-30(2)13-20(33)27-24(15-30)37-25-16-31(3,4)14-21(34)28(25)26(27)17-10-11-22(23(12-17)36-5)38-29(35)18-8-6-7-9-19(18)32/h6-12,26H,13-16H2,1-5H3. The Balaban J connectivity index is 1.59. The van der Waals surface area contributed by atoms with Gasteiger partial charge in [0, 0.05) is 42.7 Å². The molecule has 0 atom stereocenters. The largest absolute Gasteiger partial charge is 0.493 e. The number of carbonyl (C=O) groups excluding carboxylic acids is 3. The molecule has 5 rings (SSSR count). The van der Waals surface area contributed by atoms with Crippen molar-refractivity contribution in [3.8, 4) is 11.5 Å². The highest BCUT2D eigenvalue weighted by molar-refractivity contribution is 6.06. The fraction of sp³-hybridized carbons (Fsp3) is 0.387. The quantitative estimate of drug-likeness (QED) is 0.342. The Labute approximate surface area is 221 Å². The van der Waals surface area contributed by atoms with E-state index in [-0.39, 0.29) is 39.5 Å². The van der Waals surface area contributed by atoms with E-state index >= 15 is 0 Å². The average molecular weight is 519 g/mol. The van der Waals surface area contributed by atoms with Crippen molar-refractivity contribution in [1.82, 2.24) is 0 Å². The minimum absolute atomic E-state index is 0.0422. The van der Waals surface area contributed by atoms with Crippen LogP contribution in [0.25, 0.3) is 0 Å². The van der Waals surface area contributed by atoms with Gasteiger partial charge < -0.3 is 14.2 Å². The van der Waals surface area contributed by atoms with E-state index in [0.717, 1.165) is 0 Å². The van der Waals surface area contributed by atoms with Crippen LogP contribution in [0.4, 0.5) is 4.39 Å². The van der Waals surface area contributed by atoms with Gasteiger partial charge in [-0.15, -0.1) is 0 Å². The first-order valence-corrected chi connectivity index (χ1v) is 12.7. The molecule has 0 saturated carbocycles. The predicted octanol–water partition coefficient (Wildman–Crippen LogP) is 6.45. The Kier molecular flexibility index (Phi) is 6.28. The van der Waals surface area contributed by atoms with E-state index in [4.69, 9.17) is 14.2 Å². The van der Waals surface area contributed by atoms with E-state index in [0.29, 0.717) is 53.9 Å². The molecule has 38 heavy (non-hydrogen) atoms. The van der Waals surface area contributed by atoms with Crippen LogP contribution in [0.15, 0.2) is 65.1 Å². The van der Waals surface area contributed by atoms with Crippen molar-refractivity contribution < 1.29 is 33.0 Å². The highest BCUT2D eigenvalue weighted by Crippen LogP contribution is 2.53. The third kappa shape index (κ3) is 4.66. The molecule has 198 valence electrons. The van der Waals surface area contributed by atoms with Crippen LogP contribution in [0.5, 0.6) is 11.5 Å². The van der Waals surface area contributed by atoms with E-state index in [1.807, 2.05) is 27.7 Å². The summed E-state index contributed by atoms with van der Waals surface area (Å²) in [6, 6.07) is 10.5. The molecule has 1 aliphatic heterocycles. The van der Waals surface area contributed by atoms with Crippen molar-refractivity contribution in [3.05, 3.63) is 82.1 Å². The highest BCUT2D eigenvalue weighted by Gasteiger charge is 2.48. The number of allylic oxidation sites excluding steroid dienone is 4. The molecule has 0 unspecified atom stereocenters. The molecule has 0 spiro atoms. The van der Waals surface area contributed by atoms with Crippen LogP contribution in [-0.2, 0) is 14.3 Å². The number of ketones is 2. The maximum Gasteiger partial charge on any atom is 0.346 e. The molecule has 0 radical (unpaired) electrons. The van der Waals surface area contributed by atoms with Crippen molar-refractivity contribution in [3.63, 3.8) is 0 Å². The number of esters is 1. The summed E-state index contributed by atoms with van der Waals surface area (Å²) in [5, 5.41) is 0. The number of rotatable bonds is 4. The van der Waals surface area contributed by atoms with E-state index in [2.05, 4.69) is 0 Å². The van der Waals surface area contributed by atoms with Crippen LogP contribution in [0.2, 0.25) is 0 Å². The van der Waals surface area contributed by atoms with Gasteiger partial charge in [0.15, 0.2) is 23.1 Å². The monoisotopic (exact) mass is 518 g/mol. The van der Waals surface area contributed by atoms with Gasteiger partial charge >= 0.3 is 5.97 Å². The zero-order valence-corrected chi connectivity index (χ0v) is 22.3. The minimum atomic E-state index is -0.857. The summed E-state index contributed by atoms with van der Waals surface area (Å²) in [4.78, 5) is 39.6. The van der Waals surface area contributed by atoms with Crippen LogP contribution in [-0.4, -0.2) is 24.6 Å². The van der Waals surface area contributed by atoms with Crippen LogP contribution in [0, 0.1) is 16.6 Å². The zero-order valence-electron chi connectivity index (χ0n) is 22.3. The molecule has 7 heteroatoms. The normalized spacial score (nSPS) is 20.5. The lowest BCUT2D eigenvalue weighted by Gasteiger charge is -2.42. The average Bonchev–Trinajstić information content (AvgIpc) is 2.81. The topological polar surface area (TPSA) is 78.9 Å². The molecule has 0 fully saturated rings. The lowest BCUT2D eigenvalue weighted by Crippen LogP contribution is -2.37. The van der Waals surface area contributed by atoms with Gasteiger partial charge in [0.05, 0.1) is 12.7 Å². The first-order chi connectivity index (χ1) is 17.9. The molecule has 2 aromatic carbocycles. The molecule has 0 saturated heterocycles. The fourth-order valence-corrected chi connectivity index (χ4v) is 5.74. The molecule has 0 aromatic heterocycles. The van der Waals surface area contributed by atoms with Gasteiger partial charge in [-0.25, -0.2) is 9.18 Å². The SMILES string of the molecule is COc1cc(C2C3=C(CC(C)(C)CC3=O)OC3=C2C(=O)CC(C)(C)C3)ccc1OC(=O)c1ccccc1F. The highest BCUT2D eigenvalue weighted by atomic mass is 19.1. The molecular formula is C31H31FO6. The van der Waals surface area contributed by atoms with Crippen LogP contribution < -0.4 is 9.47 Å². The molecule has 2 aromatic rings. The molecule has 6 nitrogen and oxygen atoms in total. The fourth-order valence-electron chi connectivity index (χ4n) is 5.74. The van der Waals surface area contributed by atoms with E-state index in [1.165, 1.54) is 25.3 Å². The summed E-state index contributed by atoms with van der Waals surface area (Å²) < 4.78 is 31.4. The number of halogens is 1. The predicted molar refractivity (Wildman–Crippen MR) is 138 cm³/mol. The Morgan fingerprint density at radius 3 is 2.00 bits per heavy atom. The number of benzene rings is 2.